The van der Waals surface area contributed by atoms with Crippen molar-refractivity contribution in [3.63, 3.8) is 0 Å². The van der Waals surface area contributed by atoms with Gasteiger partial charge in [0.25, 0.3) is 0 Å². The Morgan fingerprint density at radius 2 is 1.95 bits per heavy atom. The third-order valence-electron chi connectivity index (χ3n) is 2.24. The third kappa shape index (κ3) is 3.73. The second-order valence-corrected chi connectivity index (χ2v) is 3.50. The van der Waals surface area contributed by atoms with Crippen LogP contribution in [0.25, 0.3) is 0 Å². The highest BCUT2D eigenvalue weighted by atomic mass is 16.5. The van der Waals surface area contributed by atoms with E-state index in [4.69, 9.17) is 14.2 Å². The number of hydrogen-bond acceptors (Lipinski definition) is 7. The van der Waals surface area contributed by atoms with E-state index in [0.717, 1.165) is 5.69 Å². The highest BCUT2D eigenvalue weighted by Gasteiger charge is 2.06. The summed E-state index contributed by atoms with van der Waals surface area (Å²) in [6, 6.07) is 1.79. The van der Waals surface area contributed by atoms with Crippen molar-refractivity contribution in [2.45, 2.75) is 0 Å². The van der Waals surface area contributed by atoms with E-state index in [1.165, 1.54) is 14.2 Å². The Morgan fingerprint density at radius 3 is 2.53 bits per heavy atom. The predicted molar refractivity (Wildman–Crippen MR) is 67.7 cm³/mol. The summed E-state index contributed by atoms with van der Waals surface area (Å²) >= 11 is 0. The second kappa shape index (κ2) is 6.43. The normalized spacial score (nSPS) is 10.0. The van der Waals surface area contributed by atoms with Gasteiger partial charge in [0, 0.05) is 12.7 Å². The highest BCUT2D eigenvalue weighted by Crippen LogP contribution is 2.18. The molecule has 2 heterocycles. The Balaban J connectivity index is 1.84. The summed E-state index contributed by atoms with van der Waals surface area (Å²) in [6.07, 6.45) is 3.44. The molecule has 0 radical (unpaired) electrons. The van der Waals surface area contributed by atoms with E-state index >= 15 is 0 Å². The van der Waals surface area contributed by atoms with E-state index in [2.05, 4.69) is 25.5 Å². The van der Waals surface area contributed by atoms with E-state index in [1.807, 2.05) is 0 Å². The van der Waals surface area contributed by atoms with Gasteiger partial charge in [-0.2, -0.15) is 15.1 Å². The summed E-state index contributed by atoms with van der Waals surface area (Å²) in [5, 5.41) is 9.64. The Labute approximate surface area is 110 Å². The van der Waals surface area contributed by atoms with E-state index < -0.39 is 0 Å². The average Bonchev–Trinajstić information content (AvgIpc) is 2.96. The van der Waals surface area contributed by atoms with Gasteiger partial charge in [0.05, 0.1) is 32.2 Å². The van der Waals surface area contributed by atoms with Gasteiger partial charge in [-0.1, -0.05) is 0 Å². The lowest BCUT2D eigenvalue weighted by atomic mass is 10.5. The van der Waals surface area contributed by atoms with Crippen LogP contribution < -0.4 is 19.5 Å². The number of rotatable bonds is 7. The number of nitrogens with one attached hydrogen (secondary N) is 2. The lowest BCUT2D eigenvalue weighted by Gasteiger charge is -2.08. The summed E-state index contributed by atoms with van der Waals surface area (Å²) in [4.78, 5) is 8.11. The minimum absolute atomic E-state index is 0.213. The van der Waals surface area contributed by atoms with Crippen LogP contribution in [0.5, 0.6) is 17.8 Å². The first-order valence-corrected chi connectivity index (χ1v) is 5.64. The molecule has 8 heteroatoms. The molecule has 2 rings (SSSR count). The number of H-pyrrole nitrogens is 1. The van der Waals surface area contributed by atoms with Gasteiger partial charge in [-0.05, 0) is 0 Å². The number of aromatic amines is 1. The first kappa shape index (κ1) is 12.9. The highest BCUT2D eigenvalue weighted by molar-refractivity contribution is 5.37. The Morgan fingerprint density at radius 1 is 1.21 bits per heavy atom. The fraction of sp³-hybridized carbons (Fsp3) is 0.364. The summed E-state index contributed by atoms with van der Waals surface area (Å²) in [6.45, 7) is 1.00. The van der Waals surface area contributed by atoms with Gasteiger partial charge in [-0.15, -0.1) is 0 Å². The van der Waals surface area contributed by atoms with Crippen LogP contribution in [0, 0.1) is 0 Å². The Hall–Kier alpha value is -2.51. The van der Waals surface area contributed by atoms with Crippen molar-refractivity contribution >= 4 is 5.69 Å². The van der Waals surface area contributed by atoms with Crippen molar-refractivity contribution in [2.24, 2.45) is 0 Å². The molecule has 102 valence electrons. The zero-order chi connectivity index (χ0) is 13.5. The molecular weight excluding hydrogens is 250 g/mol. The monoisotopic (exact) mass is 265 g/mol. The minimum atomic E-state index is 0.213. The molecule has 0 amide bonds. The molecule has 0 aromatic carbocycles. The number of ether oxygens (including phenoxy) is 3. The van der Waals surface area contributed by atoms with Gasteiger partial charge >= 0.3 is 6.01 Å². The molecule has 0 aliphatic carbocycles. The van der Waals surface area contributed by atoms with Gasteiger partial charge < -0.3 is 19.5 Å². The van der Waals surface area contributed by atoms with Crippen molar-refractivity contribution in [1.82, 2.24) is 20.2 Å². The van der Waals surface area contributed by atoms with Crippen LogP contribution in [-0.4, -0.2) is 47.5 Å². The fourth-order valence-electron chi connectivity index (χ4n) is 1.34. The van der Waals surface area contributed by atoms with Crippen LogP contribution in [0.15, 0.2) is 18.5 Å². The van der Waals surface area contributed by atoms with E-state index in [-0.39, 0.29) is 6.01 Å². The molecule has 0 aliphatic rings. The molecular formula is C11H15N5O3. The van der Waals surface area contributed by atoms with Crippen LogP contribution in [0.2, 0.25) is 0 Å². The van der Waals surface area contributed by atoms with Crippen LogP contribution in [0.3, 0.4) is 0 Å². The van der Waals surface area contributed by atoms with Gasteiger partial charge in [0.2, 0.25) is 11.8 Å². The number of aromatic nitrogens is 4. The quantitative estimate of drug-likeness (QED) is 0.712. The van der Waals surface area contributed by atoms with E-state index in [1.54, 1.807) is 18.5 Å². The summed E-state index contributed by atoms with van der Waals surface area (Å²) in [5.41, 5.74) is 0.896. The molecule has 0 atom stereocenters. The molecule has 19 heavy (non-hydrogen) atoms. The first-order chi connectivity index (χ1) is 9.31. The molecule has 2 aromatic rings. The van der Waals surface area contributed by atoms with Crippen LogP contribution in [0.4, 0.5) is 5.69 Å². The number of hydrogen-bond donors (Lipinski definition) is 2. The zero-order valence-corrected chi connectivity index (χ0v) is 10.7. The molecule has 0 spiro atoms. The van der Waals surface area contributed by atoms with E-state index in [9.17, 15) is 0 Å². The summed E-state index contributed by atoms with van der Waals surface area (Å²) in [7, 11) is 3.04. The predicted octanol–water partition coefficient (Wildman–Crippen LogP) is 0.708. The topological polar surface area (TPSA) is 94.2 Å². The van der Waals surface area contributed by atoms with Crippen molar-refractivity contribution in [3.8, 4) is 17.8 Å². The second-order valence-electron chi connectivity index (χ2n) is 3.50. The largest absolute Gasteiger partial charge is 0.481 e. The van der Waals surface area contributed by atoms with Crippen LogP contribution in [-0.2, 0) is 0 Å². The maximum atomic E-state index is 5.41. The number of anilines is 1. The molecule has 0 fully saturated rings. The Kier molecular flexibility index (Phi) is 4.38. The molecule has 0 saturated heterocycles. The van der Waals surface area contributed by atoms with Crippen molar-refractivity contribution in [1.29, 1.82) is 0 Å². The smallest absolute Gasteiger partial charge is 0.323 e. The molecule has 2 N–H and O–H groups in total. The molecule has 8 nitrogen and oxygen atoms in total. The maximum Gasteiger partial charge on any atom is 0.323 e. The minimum Gasteiger partial charge on any atom is -0.481 e. The standard InChI is InChI=1S/C11H15N5O3/c1-17-9-5-10(18-2)16-11(15-9)19-4-3-12-8-6-13-14-7-8/h5-7,12H,3-4H2,1-2H3,(H,13,14). The average molecular weight is 265 g/mol. The number of methoxy groups -OCH3 is 2. The van der Waals surface area contributed by atoms with E-state index in [0.29, 0.717) is 24.9 Å². The van der Waals surface area contributed by atoms with Crippen LogP contribution in [0.1, 0.15) is 0 Å². The van der Waals surface area contributed by atoms with Crippen LogP contribution >= 0.6 is 0 Å². The SMILES string of the molecule is COc1cc(OC)nc(OCCNc2cn[nH]c2)n1. The lowest BCUT2D eigenvalue weighted by Crippen LogP contribution is -2.12. The molecule has 0 unspecified atom stereocenters. The summed E-state index contributed by atoms with van der Waals surface area (Å²) < 4.78 is 15.5. The van der Waals surface area contributed by atoms with Crippen molar-refractivity contribution in [2.75, 3.05) is 32.7 Å². The number of nitrogens with zero attached hydrogens (tertiary/aromatic N) is 3. The lowest BCUT2D eigenvalue weighted by molar-refractivity contribution is 0.286. The Bertz CT molecular complexity index is 481. The summed E-state index contributed by atoms with van der Waals surface area (Å²) in [5.74, 6) is 0.786. The first-order valence-electron chi connectivity index (χ1n) is 5.64. The van der Waals surface area contributed by atoms with Crippen molar-refractivity contribution < 1.29 is 14.2 Å². The maximum absolute atomic E-state index is 5.41. The molecule has 0 aliphatic heterocycles. The van der Waals surface area contributed by atoms with Gasteiger partial charge in [0.15, 0.2) is 0 Å². The van der Waals surface area contributed by atoms with Crippen molar-refractivity contribution in [3.05, 3.63) is 18.5 Å². The van der Waals surface area contributed by atoms with Gasteiger partial charge in [-0.25, -0.2) is 0 Å². The zero-order valence-electron chi connectivity index (χ0n) is 10.7. The van der Waals surface area contributed by atoms with Gasteiger partial charge in [-0.3, -0.25) is 5.10 Å². The third-order valence-corrected chi connectivity index (χ3v) is 2.24. The molecule has 0 saturated carbocycles. The van der Waals surface area contributed by atoms with Gasteiger partial charge in [0.1, 0.15) is 6.61 Å². The molecule has 0 bridgehead atoms. The molecule has 2 aromatic heterocycles. The fourth-order valence-corrected chi connectivity index (χ4v) is 1.34.